The maximum atomic E-state index is 10.3. The molecule has 16 aromatic rings. The molecule has 0 unspecified atom stereocenters. The Morgan fingerprint density at radius 3 is 1.01 bits per heavy atom. The molecule has 1 aliphatic heterocycles. The summed E-state index contributed by atoms with van der Waals surface area (Å²) in [5, 5.41) is 29.4. The van der Waals surface area contributed by atoms with E-state index in [0.29, 0.717) is 11.1 Å². The van der Waals surface area contributed by atoms with Crippen LogP contribution >= 0.6 is 11.8 Å². The molecule has 0 atom stereocenters. The van der Waals surface area contributed by atoms with Crippen molar-refractivity contribution in [1.82, 2.24) is 28.2 Å². The molecule has 0 N–H and O–H groups in total. The van der Waals surface area contributed by atoms with Crippen molar-refractivity contribution in [2.24, 2.45) is 0 Å². The lowest BCUT2D eigenvalue weighted by Crippen LogP contribution is -2.33. The van der Waals surface area contributed by atoms with Crippen molar-refractivity contribution in [2.45, 2.75) is 15.2 Å². The predicted molar refractivity (Wildman–Crippen MR) is 330 cm³/mol. The van der Waals surface area contributed by atoms with E-state index in [0.717, 1.165) is 132 Å². The van der Waals surface area contributed by atoms with Crippen LogP contribution in [-0.2, 0) is 5.41 Å². The first-order valence-electron chi connectivity index (χ1n) is 27.4. The Morgan fingerprint density at radius 1 is 0.317 bits per heavy atom. The Hall–Kier alpha value is -11.0. The quantitative estimate of drug-likeness (QED) is 0.175. The maximum absolute atomic E-state index is 10.3. The zero-order valence-electron chi connectivity index (χ0n) is 43.6. The van der Waals surface area contributed by atoms with Crippen molar-refractivity contribution in [2.75, 3.05) is 0 Å². The molecular weight excluding hydrogens is 1020 g/mol. The summed E-state index contributed by atoms with van der Waals surface area (Å²) in [4.78, 5) is 13.5. The number of benzene rings is 10. The van der Waals surface area contributed by atoms with E-state index < -0.39 is 5.41 Å². The molecule has 0 radical (unpaired) electrons. The van der Waals surface area contributed by atoms with E-state index >= 15 is 0 Å². The predicted octanol–water partition coefficient (Wildman–Crippen LogP) is 17.4. The largest absolute Gasteiger partial charge is 0.308 e. The number of fused-ring (bicyclic) bond motifs is 21. The molecule has 7 heterocycles. The van der Waals surface area contributed by atoms with Crippen LogP contribution in [0.1, 0.15) is 33.4 Å². The van der Waals surface area contributed by atoms with E-state index in [1.54, 1.807) is 11.8 Å². The van der Waals surface area contributed by atoms with Gasteiger partial charge in [0.05, 0.1) is 119 Å². The minimum atomic E-state index is -1.02. The van der Waals surface area contributed by atoms with Gasteiger partial charge in [-0.3, -0.25) is 9.97 Å². The Labute approximate surface area is 472 Å². The highest BCUT2D eigenvalue weighted by Gasteiger charge is 2.53. The molecule has 0 saturated heterocycles. The van der Waals surface area contributed by atoms with Gasteiger partial charge in [-0.25, -0.2) is 0 Å². The summed E-state index contributed by atoms with van der Waals surface area (Å²) in [6, 6.07) is 87.2. The first kappa shape index (κ1) is 45.0. The number of rotatable bonds is 4. The van der Waals surface area contributed by atoms with Crippen molar-refractivity contribution in [1.29, 1.82) is 10.5 Å². The molecule has 9 heteroatoms. The van der Waals surface area contributed by atoms with Crippen LogP contribution in [0.3, 0.4) is 0 Å². The minimum absolute atomic E-state index is 0.614. The second-order valence-corrected chi connectivity index (χ2v) is 22.5. The third kappa shape index (κ3) is 5.78. The van der Waals surface area contributed by atoms with Crippen LogP contribution in [0.25, 0.3) is 121 Å². The molecule has 18 rings (SSSR count). The fourth-order valence-electron chi connectivity index (χ4n) is 14.3. The van der Waals surface area contributed by atoms with Gasteiger partial charge in [0.25, 0.3) is 0 Å². The fourth-order valence-corrected chi connectivity index (χ4v) is 15.7. The number of hydrogen-bond donors (Lipinski definition) is 0. The highest BCUT2D eigenvalue weighted by atomic mass is 32.2. The summed E-state index contributed by atoms with van der Waals surface area (Å²) < 4.78 is 9.55. The van der Waals surface area contributed by atoms with Crippen LogP contribution in [0.2, 0.25) is 0 Å². The minimum Gasteiger partial charge on any atom is -0.308 e. The summed E-state index contributed by atoms with van der Waals surface area (Å²) in [6.45, 7) is 0. The van der Waals surface area contributed by atoms with Gasteiger partial charge in [-0.05, 0) is 108 Å². The smallest absolute Gasteiger partial charge is 0.0991 e. The molecule has 0 bridgehead atoms. The monoisotopic (exact) mass is 1060 g/mol. The van der Waals surface area contributed by atoms with Gasteiger partial charge in [0.1, 0.15) is 0 Å². The molecule has 6 aromatic heterocycles. The van der Waals surface area contributed by atoms with E-state index in [1.807, 2.05) is 36.7 Å². The molecule has 1 aliphatic carbocycles. The normalized spacial score (nSPS) is 13.1. The number of para-hydroxylation sites is 6. The molecule has 0 saturated carbocycles. The molecule has 8 nitrogen and oxygen atoms in total. The summed E-state index contributed by atoms with van der Waals surface area (Å²) in [7, 11) is 0. The topological polar surface area (TPSA) is 93.1 Å². The molecule has 0 fully saturated rings. The standard InChI is InChI=1S/C73H40N8S/c74-39-43-31-33-65-53(35-43)51-19-5-11-27-63(51)80(65)67-29-13-21-55-71(67)82-72-56(22-14-30-68(72)81-64-28-12-6-20-52(64)54-36-44(40-75)32-34-66(54)81)73(55)57-37-45(78-59-23-7-1-15-47(59)48-16-2-8-24-60(48)78)41-76-69(57)70-58(73)38-46(42-77-70)79-61-25-9-3-17-49(61)50-18-4-10-26-62(50)79/h1-38,41-42H. The van der Waals surface area contributed by atoms with Crippen molar-refractivity contribution in [3.63, 3.8) is 0 Å². The van der Waals surface area contributed by atoms with Gasteiger partial charge in [-0.1, -0.05) is 145 Å². The van der Waals surface area contributed by atoms with Gasteiger partial charge in [0, 0.05) is 64.0 Å². The van der Waals surface area contributed by atoms with E-state index in [9.17, 15) is 10.5 Å². The zero-order valence-corrected chi connectivity index (χ0v) is 44.4. The number of aromatic nitrogens is 6. The van der Waals surface area contributed by atoms with E-state index in [1.165, 1.54) is 21.5 Å². The van der Waals surface area contributed by atoms with Crippen molar-refractivity contribution in [3.05, 3.63) is 276 Å². The number of nitrogens with zero attached hydrogens (tertiary/aromatic N) is 8. The third-order valence-corrected chi connectivity index (χ3v) is 18.8. The zero-order chi connectivity index (χ0) is 53.9. The van der Waals surface area contributed by atoms with Gasteiger partial charge in [-0.2, -0.15) is 10.5 Å². The van der Waals surface area contributed by atoms with Gasteiger partial charge in [0.15, 0.2) is 0 Å². The summed E-state index contributed by atoms with van der Waals surface area (Å²) in [5.74, 6) is 0. The average molecular weight is 1060 g/mol. The Kier molecular flexibility index (Phi) is 9.07. The summed E-state index contributed by atoms with van der Waals surface area (Å²) >= 11 is 1.81. The molecule has 2 aliphatic rings. The highest BCUT2D eigenvalue weighted by Crippen LogP contribution is 2.64. The lowest BCUT2D eigenvalue weighted by atomic mass is 9.67. The van der Waals surface area contributed by atoms with Gasteiger partial charge in [-0.15, -0.1) is 0 Å². The lowest BCUT2D eigenvalue weighted by Gasteiger charge is -2.41. The van der Waals surface area contributed by atoms with Gasteiger partial charge in [0.2, 0.25) is 0 Å². The van der Waals surface area contributed by atoms with Crippen LogP contribution < -0.4 is 0 Å². The first-order valence-corrected chi connectivity index (χ1v) is 28.2. The van der Waals surface area contributed by atoms with E-state index in [-0.39, 0.29) is 0 Å². The molecular formula is C73H40N8S. The second-order valence-electron chi connectivity index (χ2n) is 21.5. The van der Waals surface area contributed by atoms with Crippen LogP contribution in [0.5, 0.6) is 0 Å². The van der Waals surface area contributed by atoms with E-state index in [2.05, 4.69) is 237 Å². The summed E-state index contributed by atoms with van der Waals surface area (Å²) in [5.41, 5.74) is 18.6. The average Bonchev–Trinajstić information content (AvgIpc) is 2.81. The third-order valence-electron chi connectivity index (χ3n) is 17.5. The van der Waals surface area contributed by atoms with Crippen LogP contribution in [0.4, 0.5) is 0 Å². The van der Waals surface area contributed by atoms with Crippen LogP contribution in [0, 0.1) is 22.7 Å². The Bertz CT molecular complexity index is 5170. The van der Waals surface area contributed by atoms with Crippen molar-refractivity contribution >= 4 is 99.0 Å². The van der Waals surface area contributed by atoms with Crippen LogP contribution in [0.15, 0.2) is 253 Å². The lowest BCUT2D eigenvalue weighted by molar-refractivity contribution is 0.713. The SMILES string of the molecule is N#Cc1ccc2c(c1)c1ccccc1n2-c1cccc2c1Sc1c(-n3c4ccccc4c4cc(C#N)ccc43)cccc1C21c2cc(-n3c4ccccc4c4ccccc43)cnc2-c2ncc(-n3c4ccccc4c4ccccc43)cc21. The summed E-state index contributed by atoms with van der Waals surface area (Å²) in [6.07, 6.45) is 4.08. The molecule has 1 spiro atoms. The van der Waals surface area contributed by atoms with Crippen LogP contribution in [-0.4, -0.2) is 28.2 Å². The molecule has 82 heavy (non-hydrogen) atoms. The fraction of sp³-hybridized carbons (Fsp3) is 0.0137. The molecule has 0 amide bonds. The maximum Gasteiger partial charge on any atom is 0.0991 e. The number of hydrogen-bond acceptors (Lipinski definition) is 5. The van der Waals surface area contributed by atoms with E-state index in [4.69, 9.17) is 9.97 Å². The molecule has 378 valence electrons. The van der Waals surface area contributed by atoms with Gasteiger partial charge < -0.3 is 18.3 Å². The number of pyridine rings is 2. The Morgan fingerprint density at radius 2 is 0.646 bits per heavy atom. The second kappa shape index (κ2) is 16.5. The van der Waals surface area contributed by atoms with Gasteiger partial charge >= 0.3 is 0 Å². The van der Waals surface area contributed by atoms with Crippen molar-refractivity contribution in [3.8, 4) is 46.3 Å². The first-order chi connectivity index (χ1) is 40.6. The molecule has 10 aromatic carbocycles. The highest BCUT2D eigenvalue weighted by molar-refractivity contribution is 7.99. The van der Waals surface area contributed by atoms with Crippen molar-refractivity contribution < 1.29 is 0 Å². The number of nitriles is 2. The Balaban J connectivity index is 1.02.